The second kappa shape index (κ2) is 6.36. The van der Waals surface area contributed by atoms with E-state index in [1.54, 1.807) is 6.92 Å². The standard InChI is InChI=1S/C11H15NO5S/c1-6-7(10(13)16-3)8(12)9(18-6)11(14)17-5-4-15-2/h4-5,12H2,1-3H3. The van der Waals surface area contributed by atoms with Gasteiger partial charge in [0.15, 0.2) is 0 Å². The molecule has 7 heteroatoms. The van der Waals surface area contributed by atoms with Crippen molar-refractivity contribution < 1.29 is 23.8 Å². The van der Waals surface area contributed by atoms with Crippen molar-refractivity contribution in [3.05, 3.63) is 15.3 Å². The fourth-order valence-corrected chi connectivity index (χ4v) is 2.31. The minimum atomic E-state index is -0.562. The summed E-state index contributed by atoms with van der Waals surface area (Å²) < 4.78 is 14.3. The number of carbonyl (C=O) groups is 2. The average molecular weight is 273 g/mol. The molecule has 0 aliphatic heterocycles. The van der Waals surface area contributed by atoms with E-state index in [9.17, 15) is 9.59 Å². The van der Waals surface area contributed by atoms with Gasteiger partial charge in [0.1, 0.15) is 11.5 Å². The summed E-state index contributed by atoms with van der Waals surface area (Å²) in [5, 5.41) is 0. The van der Waals surface area contributed by atoms with Gasteiger partial charge in [-0.2, -0.15) is 0 Å². The van der Waals surface area contributed by atoms with Crippen LogP contribution < -0.4 is 5.73 Å². The van der Waals surface area contributed by atoms with Gasteiger partial charge in [0, 0.05) is 12.0 Å². The topological polar surface area (TPSA) is 87.8 Å². The smallest absolute Gasteiger partial charge is 0.350 e. The molecule has 1 aromatic rings. The van der Waals surface area contributed by atoms with Crippen LogP contribution in [0.15, 0.2) is 0 Å². The van der Waals surface area contributed by atoms with Crippen molar-refractivity contribution in [2.75, 3.05) is 33.2 Å². The molecule has 2 N–H and O–H groups in total. The lowest BCUT2D eigenvalue weighted by Crippen LogP contribution is -2.11. The Morgan fingerprint density at radius 1 is 1.22 bits per heavy atom. The summed E-state index contributed by atoms with van der Waals surface area (Å²) in [7, 11) is 2.77. The molecule has 0 aromatic carbocycles. The normalized spacial score (nSPS) is 10.2. The van der Waals surface area contributed by atoms with Crippen molar-refractivity contribution in [3.8, 4) is 0 Å². The first-order chi connectivity index (χ1) is 8.52. The zero-order valence-electron chi connectivity index (χ0n) is 10.4. The second-order valence-electron chi connectivity index (χ2n) is 3.40. The lowest BCUT2D eigenvalue weighted by Gasteiger charge is -2.03. The summed E-state index contributed by atoms with van der Waals surface area (Å²) in [6.45, 7) is 2.14. The minimum absolute atomic E-state index is 0.103. The third kappa shape index (κ3) is 2.99. The van der Waals surface area contributed by atoms with Crippen molar-refractivity contribution in [1.29, 1.82) is 0 Å². The van der Waals surface area contributed by atoms with E-state index >= 15 is 0 Å². The molecular weight excluding hydrogens is 258 g/mol. The van der Waals surface area contributed by atoms with Crippen LogP contribution >= 0.6 is 11.3 Å². The van der Waals surface area contributed by atoms with E-state index in [4.69, 9.17) is 15.2 Å². The van der Waals surface area contributed by atoms with Crippen LogP contribution in [0.4, 0.5) is 5.69 Å². The van der Waals surface area contributed by atoms with Gasteiger partial charge in [-0.3, -0.25) is 0 Å². The van der Waals surface area contributed by atoms with Gasteiger partial charge in [-0.25, -0.2) is 9.59 Å². The SMILES string of the molecule is COCCOC(=O)c1sc(C)c(C(=O)OC)c1N. The molecule has 100 valence electrons. The van der Waals surface area contributed by atoms with Crippen molar-refractivity contribution in [2.24, 2.45) is 0 Å². The number of thiophene rings is 1. The van der Waals surface area contributed by atoms with E-state index in [0.717, 1.165) is 11.3 Å². The molecular formula is C11H15NO5S. The first-order valence-electron chi connectivity index (χ1n) is 5.16. The van der Waals surface area contributed by atoms with E-state index in [-0.39, 0.29) is 22.7 Å². The Kier molecular flexibility index (Phi) is 5.11. The summed E-state index contributed by atoms with van der Waals surface area (Å²) in [6.07, 6.45) is 0. The summed E-state index contributed by atoms with van der Waals surface area (Å²) in [5.41, 5.74) is 6.09. The van der Waals surface area contributed by atoms with Gasteiger partial charge in [0.2, 0.25) is 0 Å². The largest absolute Gasteiger partial charge is 0.465 e. The van der Waals surface area contributed by atoms with Crippen LogP contribution in [0.5, 0.6) is 0 Å². The van der Waals surface area contributed by atoms with E-state index < -0.39 is 11.9 Å². The third-order valence-corrected chi connectivity index (χ3v) is 3.32. The number of esters is 2. The molecule has 1 heterocycles. The first kappa shape index (κ1) is 14.5. The number of anilines is 1. The second-order valence-corrected chi connectivity index (χ2v) is 4.62. The highest BCUT2D eigenvalue weighted by Crippen LogP contribution is 2.31. The van der Waals surface area contributed by atoms with E-state index in [1.165, 1.54) is 14.2 Å². The number of hydrogen-bond acceptors (Lipinski definition) is 7. The molecule has 18 heavy (non-hydrogen) atoms. The Morgan fingerprint density at radius 3 is 2.44 bits per heavy atom. The molecule has 0 fully saturated rings. The molecule has 0 amide bonds. The lowest BCUT2D eigenvalue weighted by atomic mass is 10.2. The van der Waals surface area contributed by atoms with Gasteiger partial charge in [-0.15, -0.1) is 11.3 Å². The van der Waals surface area contributed by atoms with E-state index in [2.05, 4.69) is 4.74 Å². The highest BCUT2D eigenvalue weighted by Gasteiger charge is 2.24. The van der Waals surface area contributed by atoms with Crippen LogP contribution in [0, 0.1) is 6.92 Å². The molecule has 1 aromatic heterocycles. The number of ether oxygens (including phenoxy) is 3. The average Bonchev–Trinajstić information content (AvgIpc) is 2.64. The Bertz CT molecular complexity index is 455. The maximum Gasteiger partial charge on any atom is 0.350 e. The minimum Gasteiger partial charge on any atom is -0.465 e. The quantitative estimate of drug-likeness (QED) is 0.641. The molecule has 0 radical (unpaired) electrons. The molecule has 0 aliphatic carbocycles. The van der Waals surface area contributed by atoms with Crippen molar-refractivity contribution in [3.63, 3.8) is 0 Å². The summed E-state index contributed by atoms with van der Waals surface area (Å²) in [4.78, 5) is 24.0. The van der Waals surface area contributed by atoms with Crippen LogP contribution in [0.25, 0.3) is 0 Å². The predicted octanol–water partition coefficient (Wildman–Crippen LogP) is 1.23. The van der Waals surface area contributed by atoms with Crippen molar-refractivity contribution in [2.45, 2.75) is 6.92 Å². The number of methoxy groups -OCH3 is 2. The van der Waals surface area contributed by atoms with Gasteiger partial charge in [-0.05, 0) is 6.92 Å². The zero-order valence-corrected chi connectivity index (χ0v) is 11.3. The molecule has 0 saturated carbocycles. The number of nitrogens with two attached hydrogens (primary N) is 1. The molecule has 0 atom stereocenters. The lowest BCUT2D eigenvalue weighted by molar-refractivity contribution is 0.0394. The predicted molar refractivity (Wildman–Crippen MR) is 67.0 cm³/mol. The molecule has 0 bridgehead atoms. The Labute approximate surface area is 109 Å². The van der Waals surface area contributed by atoms with Gasteiger partial charge >= 0.3 is 11.9 Å². The number of aryl methyl sites for hydroxylation is 1. The van der Waals surface area contributed by atoms with E-state index in [0.29, 0.717) is 11.5 Å². The monoisotopic (exact) mass is 273 g/mol. The van der Waals surface area contributed by atoms with Gasteiger partial charge < -0.3 is 19.9 Å². The zero-order chi connectivity index (χ0) is 13.7. The highest BCUT2D eigenvalue weighted by atomic mass is 32.1. The molecule has 0 aliphatic rings. The maximum atomic E-state index is 11.7. The number of carbonyl (C=O) groups excluding carboxylic acids is 2. The number of rotatable bonds is 5. The van der Waals surface area contributed by atoms with Gasteiger partial charge in [0.05, 0.1) is 25.0 Å². The highest BCUT2D eigenvalue weighted by molar-refractivity contribution is 7.15. The molecule has 0 saturated heterocycles. The fraction of sp³-hybridized carbons (Fsp3) is 0.455. The maximum absolute atomic E-state index is 11.7. The number of nitrogen functional groups attached to an aromatic ring is 1. The summed E-state index contributed by atoms with van der Waals surface area (Å²) >= 11 is 1.11. The van der Waals surface area contributed by atoms with Crippen LogP contribution in [-0.2, 0) is 14.2 Å². The molecule has 0 spiro atoms. The summed E-state index contributed by atoms with van der Waals surface area (Å²) in [5.74, 6) is -1.12. The van der Waals surface area contributed by atoms with E-state index in [1.807, 2.05) is 0 Å². The van der Waals surface area contributed by atoms with Crippen LogP contribution in [0.3, 0.4) is 0 Å². The first-order valence-corrected chi connectivity index (χ1v) is 5.97. The number of hydrogen-bond donors (Lipinski definition) is 1. The van der Waals surface area contributed by atoms with Crippen LogP contribution in [0.1, 0.15) is 24.9 Å². The van der Waals surface area contributed by atoms with Gasteiger partial charge in [0.25, 0.3) is 0 Å². The summed E-state index contributed by atoms with van der Waals surface area (Å²) in [6, 6.07) is 0. The van der Waals surface area contributed by atoms with Crippen LogP contribution in [0.2, 0.25) is 0 Å². The molecule has 1 rings (SSSR count). The Morgan fingerprint density at radius 2 is 1.89 bits per heavy atom. The van der Waals surface area contributed by atoms with Crippen molar-refractivity contribution in [1.82, 2.24) is 0 Å². The Hall–Kier alpha value is -1.60. The van der Waals surface area contributed by atoms with Crippen LogP contribution in [-0.4, -0.2) is 39.4 Å². The fourth-order valence-electron chi connectivity index (χ4n) is 1.35. The van der Waals surface area contributed by atoms with Gasteiger partial charge in [-0.1, -0.05) is 0 Å². The third-order valence-electron chi connectivity index (χ3n) is 2.22. The molecule has 6 nitrogen and oxygen atoms in total. The Balaban J connectivity index is 2.91. The van der Waals surface area contributed by atoms with Crippen molar-refractivity contribution >= 4 is 29.0 Å². The molecule has 0 unspecified atom stereocenters.